The minimum atomic E-state index is -1.08. The number of hydrogen-bond acceptors (Lipinski definition) is 3. The summed E-state index contributed by atoms with van der Waals surface area (Å²) in [5.41, 5.74) is 0.668. The summed E-state index contributed by atoms with van der Waals surface area (Å²) in [4.78, 5) is 23.2. The number of aliphatic carboxylic acids is 1. The normalized spacial score (nSPS) is 12.2. The molecule has 0 aliphatic heterocycles. The number of hydrogen-bond donors (Lipinski definition) is 2. The molecule has 1 aromatic carbocycles. The lowest BCUT2D eigenvalue weighted by Crippen LogP contribution is -2.44. The van der Waals surface area contributed by atoms with Gasteiger partial charge in [-0.2, -0.15) is 0 Å². The van der Waals surface area contributed by atoms with E-state index in [9.17, 15) is 9.59 Å². The molecule has 1 atom stereocenters. The highest BCUT2D eigenvalue weighted by molar-refractivity contribution is 6.33. The first-order valence-corrected chi connectivity index (χ1v) is 7.16. The Morgan fingerprint density at radius 3 is 2.45 bits per heavy atom. The van der Waals surface area contributed by atoms with Gasteiger partial charge in [-0.1, -0.05) is 37.6 Å². The quantitative estimate of drug-likeness (QED) is 0.884. The van der Waals surface area contributed by atoms with Crippen LogP contribution < -0.4 is 5.32 Å². The highest BCUT2D eigenvalue weighted by Crippen LogP contribution is 2.29. The molecule has 2 N–H and O–H groups in total. The van der Waals surface area contributed by atoms with Crippen molar-refractivity contribution in [3.8, 4) is 11.3 Å². The van der Waals surface area contributed by atoms with E-state index < -0.39 is 17.9 Å². The third kappa shape index (κ3) is 3.49. The van der Waals surface area contributed by atoms with Gasteiger partial charge in [-0.15, -0.1) is 0 Å². The zero-order valence-electron chi connectivity index (χ0n) is 12.2. The van der Waals surface area contributed by atoms with Crippen LogP contribution in [-0.4, -0.2) is 23.0 Å². The van der Waals surface area contributed by atoms with Gasteiger partial charge in [0.25, 0.3) is 5.91 Å². The summed E-state index contributed by atoms with van der Waals surface area (Å²) in [6, 6.07) is 9.25. The van der Waals surface area contributed by atoms with Crippen LogP contribution >= 0.6 is 11.6 Å². The van der Waals surface area contributed by atoms with Crippen LogP contribution in [0.5, 0.6) is 0 Å². The molecule has 0 radical (unpaired) electrons. The lowest BCUT2D eigenvalue weighted by Gasteiger charge is -2.16. The monoisotopic (exact) mass is 321 g/mol. The van der Waals surface area contributed by atoms with E-state index >= 15 is 0 Å². The van der Waals surface area contributed by atoms with E-state index in [0.29, 0.717) is 16.3 Å². The van der Waals surface area contributed by atoms with Crippen molar-refractivity contribution in [3.05, 3.63) is 47.2 Å². The van der Waals surface area contributed by atoms with Crippen LogP contribution in [0, 0.1) is 5.92 Å². The number of nitrogens with one attached hydrogen (secondary N) is 1. The minimum Gasteiger partial charge on any atom is -0.480 e. The molecular weight excluding hydrogens is 306 g/mol. The lowest BCUT2D eigenvalue weighted by molar-refractivity contribution is -0.140. The van der Waals surface area contributed by atoms with Crippen molar-refractivity contribution in [3.63, 3.8) is 0 Å². The van der Waals surface area contributed by atoms with Gasteiger partial charge in [0.2, 0.25) is 0 Å². The van der Waals surface area contributed by atoms with Gasteiger partial charge in [-0.05, 0) is 30.2 Å². The van der Waals surface area contributed by atoms with Gasteiger partial charge >= 0.3 is 5.97 Å². The van der Waals surface area contributed by atoms with Gasteiger partial charge in [0.1, 0.15) is 11.8 Å². The summed E-state index contributed by atoms with van der Waals surface area (Å²) in [7, 11) is 0. The lowest BCUT2D eigenvalue weighted by atomic mass is 10.0. The van der Waals surface area contributed by atoms with Crippen LogP contribution in [-0.2, 0) is 4.79 Å². The summed E-state index contributed by atoms with van der Waals surface area (Å²) < 4.78 is 5.48. The molecule has 0 spiro atoms. The van der Waals surface area contributed by atoms with Crippen LogP contribution in [0.2, 0.25) is 5.02 Å². The second kappa shape index (κ2) is 6.66. The molecule has 1 unspecified atom stereocenters. The maximum absolute atomic E-state index is 12.1. The molecular formula is C16H16ClNO4. The summed E-state index contributed by atoms with van der Waals surface area (Å²) in [5, 5.41) is 12.1. The van der Waals surface area contributed by atoms with Gasteiger partial charge in [0.15, 0.2) is 5.76 Å². The van der Waals surface area contributed by atoms with E-state index in [-0.39, 0.29) is 11.7 Å². The van der Waals surface area contributed by atoms with E-state index in [1.54, 1.807) is 38.1 Å². The zero-order chi connectivity index (χ0) is 16.3. The van der Waals surface area contributed by atoms with Crippen molar-refractivity contribution >= 4 is 23.5 Å². The van der Waals surface area contributed by atoms with Crippen molar-refractivity contribution < 1.29 is 19.1 Å². The summed E-state index contributed by atoms with van der Waals surface area (Å²) in [6.07, 6.45) is 0. The molecule has 0 saturated heterocycles. The van der Waals surface area contributed by atoms with Gasteiger partial charge in [-0.25, -0.2) is 4.79 Å². The van der Waals surface area contributed by atoms with Crippen molar-refractivity contribution in [1.82, 2.24) is 5.32 Å². The van der Waals surface area contributed by atoms with Crippen LogP contribution in [0.25, 0.3) is 11.3 Å². The second-order valence-corrected chi connectivity index (χ2v) is 5.58. The van der Waals surface area contributed by atoms with Crippen LogP contribution in [0.3, 0.4) is 0 Å². The highest BCUT2D eigenvalue weighted by Gasteiger charge is 2.25. The number of benzene rings is 1. The van der Waals surface area contributed by atoms with Crippen molar-refractivity contribution in [2.24, 2.45) is 5.92 Å². The van der Waals surface area contributed by atoms with Crippen LogP contribution in [0.1, 0.15) is 24.4 Å². The zero-order valence-corrected chi connectivity index (χ0v) is 12.9. The molecule has 1 amide bonds. The Balaban J connectivity index is 2.19. The first kappa shape index (κ1) is 16.1. The Labute approximate surface area is 132 Å². The Bertz CT molecular complexity index is 693. The number of carbonyl (C=O) groups excluding carboxylic acids is 1. The molecule has 0 fully saturated rings. The number of carbonyl (C=O) groups is 2. The fourth-order valence-electron chi connectivity index (χ4n) is 1.99. The third-order valence-corrected chi connectivity index (χ3v) is 3.52. The fraction of sp³-hybridized carbons (Fsp3) is 0.250. The molecule has 1 heterocycles. The van der Waals surface area contributed by atoms with E-state index in [2.05, 4.69) is 5.32 Å². The molecule has 0 saturated carbocycles. The molecule has 0 aliphatic rings. The number of halogens is 1. The van der Waals surface area contributed by atoms with E-state index in [0.717, 1.165) is 0 Å². The number of rotatable bonds is 5. The molecule has 116 valence electrons. The van der Waals surface area contributed by atoms with Crippen LogP contribution in [0.15, 0.2) is 40.8 Å². The van der Waals surface area contributed by atoms with Crippen LogP contribution in [0.4, 0.5) is 0 Å². The van der Waals surface area contributed by atoms with E-state index in [1.165, 1.54) is 6.07 Å². The molecule has 0 bridgehead atoms. The van der Waals surface area contributed by atoms with Crippen molar-refractivity contribution in [1.29, 1.82) is 0 Å². The minimum absolute atomic E-state index is 0.0434. The Kier molecular flexibility index (Phi) is 4.88. The molecule has 0 aliphatic carbocycles. The SMILES string of the molecule is CC(C)C(NC(=O)c1ccc(-c2ccccc2Cl)o1)C(=O)O. The molecule has 2 aromatic rings. The first-order valence-electron chi connectivity index (χ1n) is 6.78. The number of carboxylic acid groups (broad SMARTS) is 1. The van der Waals surface area contributed by atoms with Gasteiger partial charge < -0.3 is 14.8 Å². The van der Waals surface area contributed by atoms with Gasteiger partial charge in [0, 0.05) is 5.56 Å². The summed E-state index contributed by atoms with van der Waals surface area (Å²) in [5.74, 6) is -1.39. The summed E-state index contributed by atoms with van der Waals surface area (Å²) in [6.45, 7) is 3.44. The predicted octanol–water partition coefficient (Wildman–Crippen LogP) is 3.44. The summed E-state index contributed by atoms with van der Waals surface area (Å²) >= 11 is 6.08. The number of amides is 1. The largest absolute Gasteiger partial charge is 0.480 e. The Hall–Kier alpha value is -2.27. The standard InChI is InChI=1S/C16H16ClNO4/c1-9(2)14(16(20)21)18-15(19)13-8-7-12(22-13)10-5-3-4-6-11(10)17/h3-9,14H,1-2H3,(H,18,19)(H,20,21). The van der Waals surface area contributed by atoms with Crippen molar-refractivity contribution in [2.75, 3.05) is 0 Å². The first-order chi connectivity index (χ1) is 10.4. The van der Waals surface area contributed by atoms with Gasteiger partial charge in [-0.3, -0.25) is 4.79 Å². The average molecular weight is 322 g/mol. The smallest absolute Gasteiger partial charge is 0.326 e. The molecule has 2 rings (SSSR count). The molecule has 5 nitrogen and oxygen atoms in total. The van der Waals surface area contributed by atoms with E-state index in [1.807, 2.05) is 6.07 Å². The topological polar surface area (TPSA) is 79.5 Å². The number of carboxylic acids is 1. The second-order valence-electron chi connectivity index (χ2n) is 5.18. The molecule has 22 heavy (non-hydrogen) atoms. The predicted molar refractivity (Wildman–Crippen MR) is 82.9 cm³/mol. The number of furan rings is 1. The Morgan fingerprint density at radius 1 is 1.18 bits per heavy atom. The Morgan fingerprint density at radius 2 is 1.86 bits per heavy atom. The van der Waals surface area contributed by atoms with Crippen molar-refractivity contribution in [2.45, 2.75) is 19.9 Å². The highest BCUT2D eigenvalue weighted by atomic mass is 35.5. The third-order valence-electron chi connectivity index (χ3n) is 3.19. The van der Waals surface area contributed by atoms with E-state index in [4.69, 9.17) is 21.1 Å². The molecule has 1 aromatic heterocycles. The maximum Gasteiger partial charge on any atom is 0.326 e. The fourth-order valence-corrected chi connectivity index (χ4v) is 2.22. The maximum atomic E-state index is 12.1. The average Bonchev–Trinajstić information content (AvgIpc) is 2.94. The van der Waals surface area contributed by atoms with Gasteiger partial charge in [0.05, 0.1) is 5.02 Å². The molecule has 6 heteroatoms.